The summed E-state index contributed by atoms with van der Waals surface area (Å²) in [5.41, 5.74) is 2.25. The van der Waals surface area contributed by atoms with Crippen LogP contribution in [0.1, 0.15) is 18.3 Å². The molecule has 1 amide bonds. The number of ether oxygens (including phenoxy) is 1. The van der Waals surface area contributed by atoms with E-state index in [0.717, 1.165) is 26.1 Å². The molecule has 33 heavy (non-hydrogen) atoms. The first-order chi connectivity index (χ1) is 16.0. The minimum Gasteiger partial charge on any atom is -0.466 e. The topological polar surface area (TPSA) is 107 Å². The molecule has 0 bridgehead atoms. The number of thioether (sulfide) groups is 1. The molecule has 170 valence electrons. The molecule has 1 N–H and O–H groups in total. The SMILES string of the molecule is CCOC(=O)Cc1csc(NC(=O)CSc2ccc(-c3sc(-c4cccs4)nc3C)nn2)n1. The Morgan fingerprint density at radius 1 is 1.15 bits per heavy atom. The highest BCUT2D eigenvalue weighted by Crippen LogP contribution is 2.36. The number of rotatable bonds is 9. The predicted octanol–water partition coefficient (Wildman–Crippen LogP) is 4.93. The zero-order chi connectivity index (χ0) is 23.2. The van der Waals surface area contributed by atoms with Gasteiger partial charge in [0.1, 0.15) is 15.7 Å². The number of aryl methyl sites for hydroxylation is 1. The van der Waals surface area contributed by atoms with Crippen molar-refractivity contribution in [3.05, 3.63) is 46.4 Å². The van der Waals surface area contributed by atoms with Crippen molar-refractivity contribution in [1.82, 2.24) is 20.2 Å². The van der Waals surface area contributed by atoms with Crippen LogP contribution >= 0.6 is 45.8 Å². The Labute approximate surface area is 206 Å². The number of hydrogen-bond donors (Lipinski definition) is 1. The summed E-state index contributed by atoms with van der Waals surface area (Å²) < 4.78 is 4.90. The molecule has 12 heteroatoms. The van der Waals surface area contributed by atoms with Crippen molar-refractivity contribution in [2.24, 2.45) is 0 Å². The number of amides is 1. The van der Waals surface area contributed by atoms with Crippen molar-refractivity contribution in [1.29, 1.82) is 0 Å². The lowest BCUT2D eigenvalue weighted by atomic mass is 10.3. The lowest BCUT2D eigenvalue weighted by Gasteiger charge is -2.02. The van der Waals surface area contributed by atoms with E-state index < -0.39 is 0 Å². The van der Waals surface area contributed by atoms with E-state index in [9.17, 15) is 9.59 Å². The molecule has 0 atom stereocenters. The van der Waals surface area contributed by atoms with Crippen LogP contribution in [0.4, 0.5) is 5.13 Å². The Morgan fingerprint density at radius 3 is 2.76 bits per heavy atom. The summed E-state index contributed by atoms with van der Waals surface area (Å²) in [7, 11) is 0. The van der Waals surface area contributed by atoms with Gasteiger partial charge in [-0.05, 0) is 37.4 Å². The average molecular weight is 518 g/mol. The average Bonchev–Trinajstić information content (AvgIpc) is 3.55. The lowest BCUT2D eigenvalue weighted by Crippen LogP contribution is -2.14. The van der Waals surface area contributed by atoms with Gasteiger partial charge in [0.2, 0.25) is 5.91 Å². The summed E-state index contributed by atoms with van der Waals surface area (Å²) in [6, 6.07) is 7.81. The molecule has 0 saturated heterocycles. The molecule has 0 radical (unpaired) electrons. The molecule has 8 nitrogen and oxygen atoms in total. The largest absolute Gasteiger partial charge is 0.466 e. The molecule has 0 fully saturated rings. The van der Waals surface area contributed by atoms with Gasteiger partial charge < -0.3 is 10.1 Å². The van der Waals surface area contributed by atoms with Gasteiger partial charge >= 0.3 is 5.97 Å². The minimum atomic E-state index is -0.338. The van der Waals surface area contributed by atoms with Gasteiger partial charge in [0.25, 0.3) is 0 Å². The minimum absolute atomic E-state index is 0.0882. The summed E-state index contributed by atoms with van der Waals surface area (Å²) in [5.74, 6) is -0.375. The molecule has 0 saturated carbocycles. The molecule has 0 aliphatic carbocycles. The van der Waals surface area contributed by atoms with E-state index in [1.807, 2.05) is 30.5 Å². The van der Waals surface area contributed by atoms with Crippen LogP contribution in [0.5, 0.6) is 0 Å². The van der Waals surface area contributed by atoms with Crippen molar-refractivity contribution in [3.8, 4) is 20.5 Å². The highest BCUT2D eigenvalue weighted by Gasteiger charge is 2.15. The van der Waals surface area contributed by atoms with Gasteiger partial charge in [-0.25, -0.2) is 9.97 Å². The molecule has 0 unspecified atom stereocenters. The third-order valence-electron chi connectivity index (χ3n) is 4.18. The van der Waals surface area contributed by atoms with E-state index in [-0.39, 0.29) is 24.1 Å². The number of hydrogen-bond acceptors (Lipinski definition) is 11. The van der Waals surface area contributed by atoms with Crippen molar-refractivity contribution in [3.63, 3.8) is 0 Å². The Kier molecular flexibility index (Phi) is 7.81. The van der Waals surface area contributed by atoms with Gasteiger partial charge in [-0.1, -0.05) is 17.8 Å². The zero-order valence-corrected chi connectivity index (χ0v) is 21.0. The fourth-order valence-corrected chi connectivity index (χ4v) is 5.93. The number of thiophene rings is 1. The molecule has 4 rings (SSSR count). The second-order valence-electron chi connectivity index (χ2n) is 6.63. The molecule has 0 spiro atoms. The third-order valence-corrected chi connectivity index (χ3v) is 8.13. The van der Waals surface area contributed by atoms with E-state index in [1.165, 1.54) is 23.1 Å². The Balaban J connectivity index is 1.30. The molecular weight excluding hydrogens is 499 g/mol. The first-order valence-corrected chi connectivity index (χ1v) is 13.5. The highest BCUT2D eigenvalue weighted by molar-refractivity contribution is 7.99. The number of nitrogens with one attached hydrogen (secondary N) is 1. The third kappa shape index (κ3) is 6.22. The van der Waals surface area contributed by atoms with Crippen LogP contribution in [0.2, 0.25) is 0 Å². The Hall–Kier alpha value is -2.67. The molecule has 0 aliphatic heterocycles. The number of aromatic nitrogens is 4. The molecule has 0 aromatic carbocycles. The monoisotopic (exact) mass is 517 g/mol. The predicted molar refractivity (Wildman–Crippen MR) is 133 cm³/mol. The number of anilines is 1. The quantitative estimate of drug-likeness (QED) is 0.246. The van der Waals surface area contributed by atoms with Crippen molar-refractivity contribution in [2.75, 3.05) is 17.7 Å². The number of carbonyl (C=O) groups excluding carboxylic acids is 2. The second-order valence-corrected chi connectivity index (χ2v) is 10.4. The van der Waals surface area contributed by atoms with Crippen molar-refractivity contribution < 1.29 is 14.3 Å². The van der Waals surface area contributed by atoms with Gasteiger partial charge in [-0.15, -0.1) is 44.2 Å². The second kappa shape index (κ2) is 11.0. The Morgan fingerprint density at radius 2 is 2.03 bits per heavy atom. The van der Waals surface area contributed by atoms with Gasteiger partial charge in [-0.2, -0.15) is 0 Å². The number of thiazole rings is 2. The van der Waals surface area contributed by atoms with Crippen LogP contribution in [-0.2, 0) is 20.7 Å². The van der Waals surface area contributed by atoms with Gasteiger partial charge in [-0.3, -0.25) is 9.59 Å². The van der Waals surface area contributed by atoms with E-state index in [4.69, 9.17) is 4.74 Å². The number of nitrogens with zero attached hydrogens (tertiary/aromatic N) is 4. The lowest BCUT2D eigenvalue weighted by molar-refractivity contribution is -0.142. The standard InChI is InChI=1S/C21H19N5O3S4/c1-3-29-18(28)9-13-10-32-21(23-13)24-16(27)11-31-17-7-6-14(25-26-17)19-12(2)22-20(33-19)15-5-4-8-30-15/h4-8,10H,3,9,11H2,1-2H3,(H,23,24,27). The van der Waals surface area contributed by atoms with Gasteiger partial charge in [0, 0.05) is 5.38 Å². The van der Waals surface area contributed by atoms with Crippen LogP contribution in [0.3, 0.4) is 0 Å². The summed E-state index contributed by atoms with van der Waals surface area (Å²) in [6.45, 7) is 4.05. The van der Waals surface area contributed by atoms with Crippen LogP contribution in [-0.4, -0.2) is 44.4 Å². The maximum absolute atomic E-state index is 12.3. The summed E-state index contributed by atoms with van der Waals surface area (Å²) in [4.78, 5) is 34.8. The highest BCUT2D eigenvalue weighted by atomic mass is 32.2. The maximum Gasteiger partial charge on any atom is 0.311 e. The Bertz CT molecular complexity index is 1240. The molecule has 0 aliphatic rings. The van der Waals surface area contributed by atoms with Crippen LogP contribution in [0.25, 0.3) is 20.5 Å². The fourth-order valence-electron chi connectivity index (χ4n) is 2.76. The summed E-state index contributed by atoms with van der Waals surface area (Å²) >= 11 is 5.81. The van der Waals surface area contributed by atoms with Crippen LogP contribution < -0.4 is 5.32 Å². The van der Waals surface area contributed by atoms with E-state index >= 15 is 0 Å². The molecule has 4 aromatic rings. The van der Waals surface area contributed by atoms with E-state index in [0.29, 0.717) is 22.5 Å². The van der Waals surface area contributed by atoms with E-state index in [1.54, 1.807) is 35.0 Å². The van der Waals surface area contributed by atoms with Gasteiger partial charge in [0.05, 0.1) is 39.9 Å². The van der Waals surface area contributed by atoms with Crippen molar-refractivity contribution in [2.45, 2.75) is 25.3 Å². The number of carbonyl (C=O) groups is 2. The smallest absolute Gasteiger partial charge is 0.311 e. The van der Waals surface area contributed by atoms with Crippen LogP contribution in [0.15, 0.2) is 40.1 Å². The van der Waals surface area contributed by atoms with E-state index in [2.05, 4.69) is 31.5 Å². The van der Waals surface area contributed by atoms with Crippen LogP contribution in [0, 0.1) is 6.92 Å². The first-order valence-electron chi connectivity index (χ1n) is 9.90. The van der Waals surface area contributed by atoms with Crippen molar-refractivity contribution >= 4 is 62.8 Å². The first kappa shape index (κ1) is 23.5. The summed E-state index contributed by atoms with van der Waals surface area (Å²) in [6.07, 6.45) is 0.0882. The molecule has 4 aromatic heterocycles. The zero-order valence-electron chi connectivity index (χ0n) is 17.7. The number of esters is 1. The van der Waals surface area contributed by atoms with Gasteiger partial charge in [0.15, 0.2) is 5.13 Å². The molecule has 4 heterocycles. The summed E-state index contributed by atoms with van der Waals surface area (Å²) in [5, 5.41) is 17.2. The molecular formula is C21H19N5O3S4. The maximum atomic E-state index is 12.3. The fraction of sp³-hybridized carbons (Fsp3) is 0.238. The normalized spacial score (nSPS) is 10.8.